The molecule has 0 bridgehead atoms. The number of aliphatic carboxylic acids is 2. The van der Waals surface area contributed by atoms with Crippen molar-refractivity contribution in [3.05, 3.63) is 0 Å². The van der Waals surface area contributed by atoms with E-state index in [1.807, 2.05) is 0 Å². The van der Waals surface area contributed by atoms with Gasteiger partial charge in [0, 0.05) is 0 Å². The summed E-state index contributed by atoms with van der Waals surface area (Å²) in [5.74, 6) is -2.81. The summed E-state index contributed by atoms with van der Waals surface area (Å²) < 4.78 is 0. The Morgan fingerprint density at radius 1 is 0.909 bits per heavy atom. The number of unbranched alkanes of at least 4 members (excludes halogenated alkanes) is 7. The zero-order valence-corrected chi connectivity index (χ0v) is 17.2. The zero-order chi connectivity index (χ0) is 15.6. The first-order chi connectivity index (χ1) is 9.39. The van der Waals surface area contributed by atoms with E-state index < -0.39 is 23.3 Å². The second-order valence-electron chi connectivity index (χ2n) is 5.96. The second kappa shape index (κ2) is 15.1. The van der Waals surface area contributed by atoms with Crippen LogP contribution in [-0.4, -0.2) is 22.2 Å². The van der Waals surface area contributed by atoms with E-state index in [1.54, 1.807) is 13.8 Å². The van der Waals surface area contributed by atoms with Gasteiger partial charge in [-0.1, -0.05) is 72.1 Å². The molecule has 0 aliphatic carbocycles. The zero-order valence-electron chi connectivity index (χ0n) is 17.2. The molecule has 0 spiro atoms. The van der Waals surface area contributed by atoms with Gasteiger partial charge in [0.25, 0.3) is 0 Å². The molecule has 0 rings (SSSR count). The van der Waals surface area contributed by atoms with Gasteiger partial charge in [-0.05, 0) is 12.3 Å². The van der Waals surface area contributed by atoms with Crippen LogP contribution in [0.3, 0.4) is 0 Å². The molecule has 0 aliphatic heterocycles. The van der Waals surface area contributed by atoms with Gasteiger partial charge in [-0.3, -0.25) is 9.59 Å². The molecule has 2 N–H and O–H groups in total. The van der Waals surface area contributed by atoms with Crippen LogP contribution in [0.2, 0.25) is 0 Å². The third-order valence-electron chi connectivity index (χ3n) is 4.17. The smallest absolute Gasteiger partial charge is 1.00 e. The molecular formula is C16H32LiNaO4. The van der Waals surface area contributed by atoms with Crippen molar-refractivity contribution in [1.82, 2.24) is 0 Å². The van der Waals surface area contributed by atoms with Crippen LogP contribution < -0.4 is 48.4 Å². The Bertz CT molecular complexity index is 304. The van der Waals surface area contributed by atoms with Gasteiger partial charge in [0.2, 0.25) is 0 Å². The van der Waals surface area contributed by atoms with Crippen molar-refractivity contribution in [1.29, 1.82) is 0 Å². The summed E-state index contributed by atoms with van der Waals surface area (Å²) in [6, 6.07) is 0. The summed E-state index contributed by atoms with van der Waals surface area (Å²) in [4.78, 5) is 22.7. The molecule has 0 unspecified atom stereocenters. The van der Waals surface area contributed by atoms with E-state index in [1.165, 1.54) is 25.7 Å². The quantitative estimate of drug-likeness (QED) is 0.263. The minimum Gasteiger partial charge on any atom is -1.00 e. The van der Waals surface area contributed by atoms with Crippen LogP contribution in [-0.2, 0) is 9.59 Å². The van der Waals surface area contributed by atoms with Crippen LogP contribution in [0.25, 0.3) is 0 Å². The molecule has 0 atom stereocenters. The third kappa shape index (κ3) is 8.99. The molecule has 22 heavy (non-hydrogen) atoms. The molecule has 4 nitrogen and oxygen atoms in total. The second-order valence-corrected chi connectivity index (χ2v) is 5.96. The predicted octanol–water partition coefficient (Wildman–Crippen LogP) is -1.44. The fourth-order valence-corrected chi connectivity index (χ4v) is 2.63. The van der Waals surface area contributed by atoms with Crippen molar-refractivity contribution in [3.63, 3.8) is 0 Å². The Labute approximate surface area is 172 Å². The van der Waals surface area contributed by atoms with E-state index in [0.717, 1.165) is 19.3 Å². The maximum absolute atomic E-state index is 11.4. The Balaban J connectivity index is -0.000000301. The Morgan fingerprint density at radius 3 is 1.59 bits per heavy atom. The fraction of sp³-hybridized carbons (Fsp3) is 0.875. The van der Waals surface area contributed by atoms with Crippen LogP contribution >= 0.6 is 0 Å². The number of rotatable bonds is 12. The largest absolute Gasteiger partial charge is 1.00 e. The Kier molecular flexibility index (Phi) is 18.8. The summed E-state index contributed by atoms with van der Waals surface area (Å²) in [5, 5.41) is 18.6. The SMILES string of the molecule is CCCCCCCCCCC(C(=O)O)(C(=O)O)C(C)C.[H-].[H-].[Li+].[Na+]. The first-order valence-electron chi connectivity index (χ1n) is 7.86. The van der Waals surface area contributed by atoms with Gasteiger partial charge in [-0.25, -0.2) is 0 Å². The summed E-state index contributed by atoms with van der Waals surface area (Å²) in [6.07, 6.45) is 9.03. The van der Waals surface area contributed by atoms with E-state index in [-0.39, 0.29) is 57.7 Å². The Hall–Kier alpha value is 0.537. The van der Waals surface area contributed by atoms with Crippen LogP contribution in [0.15, 0.2) is 0 Å². The van der Waals surface area contributed by atoms with Gasteiger partial charge in [-0.2, -0.15) is 0 Å². The molecule has 0 heterocycles. The molecule has 0 radical (unpaired) electrons. The van der Waals surface area contributed by atoms with Crippen LogP contribution in [0.1, 0.15) is 81.4 Å². The standard InChI is InChI=1S/C16H30O4.Li.Na.2H/c1-4-5-6-7-8-9-10-11-12-16(13(2)3,14(17)18)15(19)20;;;;/h13H,4-12H2,1-3H3,(H,17,18)(H,19,20);;;;/q;2*+1;2*-1. The maximum atomic E-state index is 11.4. The average Bonchev–Trinajstić information content (AvgIpc) is 2.35. The van der Waals surface area contributed by atoms with Crippen molar-refractivity contribution in [2.75, 3.05) is 0 Å². The Morgan fingerprint density at radius 2 is 1.27 bits per heavy atom. The summed E-state index contributed by atoms with van der Waals surface area (Å²) in [5.41, 5.74) is -1.62. The molecule has 0 fully saturated rings. The summed E-state index contributed by atoms with van der Waals surface area (Å²) in [6.45, 7) is 5.53. The number of carboxylic acid groups (broad SMARTS) is 2. The predicted molar refractivity (Wildman–Crippen MR) is 82.0 cm³/mol. The fourth-order valence-electron chi connectivity index (χ4n) is 2.63. The van der Waals surface area contributed by atoms with Gasteiger partial charge in [0.05, 0.1) is 0 Å². The molecule has 6 heteroatoms. The number of carboxylic acids is 2. The van der Waals surface area contributed by atoms with Crippen molar-refractivity contribution in [2.24, 2.45) is 11.3 Å². The van der Waals surface area contributed by atoms with E-state index >= 15 is 0 Å². The van der Waals surface area contributed by atoms with Crippen LogP contribution in [0.5, 0.6) is 0 Å². The average molecular weight is 318 g/mol. The number of hydrogen-bond donors (Lipinski definition) is 2. The van der Waals surface area contributed by atoms with E-state index in [4.69, 9.17) is 0 Å². The molecule has 0 aromatic carbocycles. The molecule has 0 aliphatic rings. The van der Waals surface area contributed by atoms with E-state index in [9.17, 15) is 19.8 Å². The normalized spacial score (nSPS) is 10.7. The minimum atomic E-state index is -1.62. The molecule has 122 valence electrons. The van der Waals surface area contributed by atoms with E-state index in [2.05, 4.69) is 6.92 Å². The van der Waals surface area contributed by atoms with Gasteiger partial charge in [0.15, 0.2) is 5.41 Å². The molecule has 0 aromatic rings. The first-order valence-corrected chi connectivity index (χ1v) is 7.86. The van der Waals surface area contributed by atoms with Crippen molar-refractivity contribution in [2.45, 2.75) is 78.6 Å². The van der Waals surface area contributed by atoms with Gasteiger partial charge in [0.1, 0.15) is 0 Å². The van der Waals surface area contributed by atoms with Crippen molar-refractivity contribution < 1.29 is 71.1 Å². The van der Waals surface area contributed by atoms with Gasteiger partial charge >= 0.3 is 60.4 Å². The van der Waals surface area contributed by atoms with Gasteiger partial charge < -0.3 is 13.1 Å². The maximum Gasteiger partial charge on any atom is 1.00 e. The van der Waals surface area contributed by atoms with E-state index in [0.29, 0.717) is 6.42 Å². The third-order valence-corrected chi connectivity index (χ3v) is 4.17. The summed E-state index contributed by atoms with van der Waals surface area (Å²) in [7, 11) is 0. The number of hydrogen-bond acceptors (Lipinski definition) is 2. The molecule has 0 aromatic heterocycles. The molecule has 0 saturated carbocycles. The number of carbonyl (C=O) groups is 2. The first kappa shape index (κ1) is 27.4. The topological polar surface area (TPSA) is 74.6 Å². The van der Waals surface area contributed by atoms with Gasteiger partial charge in [-0.15, -0.1) is 0 Å². The van der Waals surface area contributed by atoms with Crippen molar-refractivity contribution in [3.8, 4) is 0 Å². The molecular weight excluding hydrogens is 286 g/mol. The van der Waals surface area contributed by atoms with Crippen LogP contribution in [0.4, 0.5) is 0 Å². The minimum absolute atomic E-state index is 0. The summed E-state index contributed by atoms with van der Waals surface area (Å²) >= 11 is 0. The molecule has 0 saturated heterocycles. The molecule has 0 amide bonds. The van der Waals surface area contributed by atoms with Crippen LogP contribution in [0, 0.1) is 11.3 Å². The monoisotopic (exact) mass is 318 g/mol. The van der Waals surface area contributed by atoms with Crippen molar-refractivity contribution >= 4 is 11.9 Å².